The summed E-state index contributed by atoms with van der Waals surface area (Å²) in [6.07, 6.45) is 0. The van der Waals surface area contributed by atoms with E-state index in [1.807, 2.05) is 0 Å². The first-order valence-corrected chi connectivity index (χ1v) is 8.06. The summed E-state index contributed by atoms with van der Waals surface area (Å²) < 4.78 is 2.26. The minimum absolute atomic E-state index is 0.524. The molecule has 0 spiro atoms. The fourth-order valence-corrected chi connectivity index (χ4v) is 2.91. The number of aryl methyl sites for hydroxylation is 1. The molecule has 0 bridgehead atoms. The van der Waals surface area contributed by atoms with Crippen LogP contribution in [0.4, 0.5) is 0 Å². The highest BCUT2D eigenvalue weighted by molar-refractivity contribution is 5.79. The molecule has 2 heteroatoms. The van der Waals surface area contributed by atoms with Gasteiger partial charge in [0.1, 0.15) is 5.82 Å². The zero-order chi connectivity index (χ0) is 15.9. The first-order valence-electron chi connectivity index (χ1n) is 8.06. The molecule has 3 aromatic rings. The Hall–Kier alpha value is -2.09. The SMILES string of the molecule is Cc1nc2ccc(C(C)C)cc2n1-c1ccc(C(C)C)cc1. The molecule has 0 aliphatic carbocycles. The molecule has 0 unspecified atom stereocenters. The second-order valence-electron chi connectivity index (χ2n) is 6.64. The van der Waals surface area contributed by atoms with Crippen molar-refractivity contribution in [1.29, 1.82) is 0 Å². The number of benzene rings is 2. The van der Waals surface area contributed by atoms with E-state index in [2.05, 4.69) is 81.7 Å². The van der Waals surface area contributed by atoms with Crippen LogP contribution in [0.25, 0.3) is 16.7 Å². The third-order valence-electron chi connectivity index (χ3n) is 4.33. The maximum absolute atomic E-state index is 4.71. The zero-order valence-corrected chi connectivity index (χ0v) is 14.1. The van der Waals surface area contributed by atoms with Crippen molar-refractivity contribution in [3.8, 4) is 5.69 Å². The minimum atomic E-state index is 0.524. The Balaban J connectivity index is 2.16. The number of hydrogen-bond donors (Lipinski definition) is 0. The van der Waals surface area contributed by atoms with Crippen molar-refractivity contribution in [3.05, 3.63) is 59.4 Å². The lowest BCUT2D eigenvalue weighted by atomic mass is 10.0. The van der Waals surface area contributed by atoms with Crippen LogP contribution in [0.3, 0.4) is 0 Å². The van der Waals surface area contributed by atoms with E-state index >= 15 is 0 Å². The Kier molecular flexibility index (Phi) is 3.78. The quantitative estimate of drug-likeness (QED) is 0.616. The van der Waals surface area contributed by atoms with Gasteiger partial charge in [0.15, 0.2) is 0 Å². The molecule has 0 N–H and O–H groups in total. The van der Waals surface area contributed by atoms with E-state index in [1.165, 1.54) is 22.3 Å². The van der Waals surface area contributed by atoms with E-state index in [-0.39, 0.29) is 0 Å². The van der Waals surface area contributed by atoms with E-state index in [1.54, 1.807) is 0 Å². The van der Waals surface area contributed by atoms with Crippen molar-refractivity contribution < 1.29 is 0 Å². The highest BCUT2D eigenvalue weighted by Gasteiger charge is 2.11. The van der Waals surface area contributed by atoms with Gasteiger partial charge in [-0.25, -0.2) is 4.98 Å². The smallest absolute Gasteiger partial charge is 0.111 e. The van der Waals surface area contributed by atoms with Crippen LogP contribution in [-0.4, -0.2) is 9.55 Å². The van der Waals surface area contributed by atoms with E-state index in [9.17, 15) is 0 Å². The van der Waals surface area contributed by atoms with Gasteiger partial charge < -0.3 is 0 Å². The molecular weight excluding hydrogens is 268 g/mol. The number of rotatable bonds is 3. The van der Waals surface area contributed by atoms with Gasteiger partial charge in [-0.15, -0.1) is 0 Å². The van der Waals surface area contributed by atoms with Gasteiger partial charge in [-0.1, -0.05) is 45.9 Å². The molecule has 2 aromatic carbocycles. The topological polar surface area (TPSA) is 17.8 Å². The highest BCUT2D eigenvalue weighted by atomic mass is 15.1. The Labute approximate surface area is 132 Å². The lowest BCUT2D eigenvalue weighted by molar-refractivity contribution is 0.863. The Morgan fingerprint density at radius 2 is 1.41 bits per heavy atom. The van der Waals surface area contributed by atoms with Gasteiger partial charge in [0.2, 0.25) is 0 Å². The van der Waals surface area contributed by atoms with Crippen molar-refractivity contribution in [3.63, 3.8) is 0 Å². The van der Waals surface area contributed by atoms with E-state index < -0.39 is 0 Å². The van der Waals surface area contributed by atoms with Crippen LogP contribution in [-0.2, 0) is 0 Å². The molecule has 0 fully saturated rings. The lowest BCUT2D eigenvalue weighted by Crippen LogP contribution is -1.98. The number of nitrogens with zero attached hydrogens (tertiary/aromatic N) is 2. The maximum atomic E-state index is 4.71. The second-order valence-corrected chi connectivity index (χ2v) is 6.64. The maximum Gasteiger partial charge on any atom is 0.111 e. The summed E-state index contributed by atoms with van der Waals surface area (Å²) in [7, 11) is 0. The number of aromatic nitrogens is 2. The predicted octanol–water partition coefficient (Wildman–Crippen LogP) is 5.58. The van der Waals surface area contributed by atoms with Crippen molar-refractivity contribution in [1.82, 2.24) is 9.55 Å². The minimum Gasteiger partial charge on any atom is -0.297 e. The van der Waals surface area contributed by atoms with E-state index in [0.717, 1.165) is 11.3 Å². The third-order valence-corrected chi connectivity index (χ3v) is 4.33. The van der Waals surface area contributed by atoms with E-state index in [4.69, 9.17) is 4.98 Å². The van der Waals surface area contributed by atoms with Gasteiger partial charge in [-0.2, -0.15) is 0 Å². The number of fused-ring (bicyclic) bond motifs is 1. The van der Waals surface area contributed by atoms with Crippen LogP contribution in [0, 0.1) is 6.92 Å². The molecule has 1 heterocycles. The average Bonchev–Trinajstić information content (AvgIpc) is 2.82. The molecule has 0 saturated carbocycles. The summed E-state index contributed by atoms with van der Waals surface area (Å²) in [6, 6.07) is 15.4. The molecule has 3 rings (SSSR count). The van der Waals surface area contributed by atoms with E-state index in [0.29, 0.717) is 11.8 Å². The molecule has 0 amide bonds. The molecule has 0 aliphatic rings. The number of imidazole rings is 1. The molecule has 1 aromatic heterocycles. The van der Waals surface area contributed by atoms with Gasteiger partial charge in [0.25, 0.3) is 0 Å². The Morgan fingerprint density at radius 3 is 2.00 bits per heavy atom. The molecule has 0 aliphatic heterocycles. The molecule has 2 nitrogen and oxygen atoms in total. The van der Waals surface area contributed by atoms with Crippen molar-refractivity contribution in [2.75, 3.05) is 0 Å². The normalized spacial score (nSPS) is 11.8. The molecule has 114 valence electrons. The fourth-order valence-electron chi connectivity index (χ4n) is 2.91. The standard InChI is InChI=1S/C20H24N2/c1-13(2)16-6-9-18(10-7-16)22-15(5)21-19-11-8-17(14(3)4)12-20(19)22/h6-14H,1-5H3. The van der Waals surface area contributed by atoms with Crippen molar-refractivity contribution in [2.45, 2.75) is 46.5 Å². The average molecular weight is 292 g/mol. The van der Waals surface area contributed by atoms with Crippen LogP contribution >= 0.6 is 0 Å². The van der Waals surface area contributed by atoms with Gasteiger partial charge >= 0.3 is 0 Å². The monoisotopic (exact) mass is 292 g/mol. The van der Waals surface area contributed by atoms with Crippen LogP contribution in [0.2, 0.25) is 0 Å². The largest absolute Gasteiger partial charge is 0.297 e. The number of hydrogen-bond acceptors (Lipinski definition) is 1. The Morgan fingerprint density at radius 1 is 0.818 bits per heavy atom. The van der Waals surface area contributed by atoms with Gasteiger partial charge in [0, 0.05) is 5.69 Å². The first kappa shape index (κ1) is 14.8. The first-order chi connectivity index (χ1) is 10.5. The lowest BCUT2D eigenvalue weighted by Gasteiger charge is -2.11. The van der Waals surface area contributed by atoms with Crippen LogP contribution in [0.5, 0.6) is 0 Å². The third kappa shape index (κ3) is 2.54. The predicted molar refractivity (Wildman–Crippen MR) is 94.0 cm³/mol. The van der Waals surface area contributed by atoms with Gasteiger partial charge in [-0.05, 0) is 54.2 Å². The molecule has 0 saturated heterocycles. The summed E-state index contributed by atoms with van der Waals surface area (Å²) in [5.41, 5.74) is 6.17. The fraction of sp³-hybridized carbons (Fsp3) is 0.350. The highest BCUT2D eigenvalue weighted by Crippen LogP contribution is 2.26. The molecule has 0 radical (unpaired) electrons. The zero-order valence-electron chi connectivity index (χ0n) is 14.1. The van der Waals surface area contributed by atoms with Crippen molar-refractivity contribution in [2.24, 2.45) is 0 Å². The van der Waals surface area contributed by atoms with Gasteiger partial charge in [-0.3, -0.25) is 4.57 Å². The Bertz CT molecular complexity index is 792. The summed E-state index contributed by atoms with van der Waals surface area (Å²) in [5, 5.41) is 0. The van der Waals surface area contributed by atoms with Gasteiger partial charge in [0.05, 0.1) is 11.0 Å². The molecular formula is C20H24N2. The summed E-state index contributed by atoms with van der Waals surface area (Å²) in [4.78, 5) is 4.71. The summed E-state index contributed by atoms with van der Waals surface area (Å²) in [6.45, 7) is 11.0. The van der Waals surface area contributed by atoms with Crippen molar-refractivity contribution >= 4 is 11.0 Å². The molecule has 0 atom stereocenters. The molecule has 22 heavy (non-hydrogen) atoms. The summed E-state index contributed by atoms with van der Waals surface area (Å²) >= 11 is 0. The van der Waals surface area contributed by atoms with Crippen LogP contribution in [0.15, 0.2) is 42.5 Å². The van der Waals surface area contributed by atoms with Crippen LogP contribution in [0.1, 0.15) is 56.5 Å². The van der Waals surface area contributed by atoms with Crippen LogP contribution < -0.4 is 0 Å². The second kappa shape index (κ2) is 5.60. The summed E-state index contributed by atoms with van der Waals surface area (Å²) in [5.74, 6) is 2.12.